The van der Waals surface area contributed by atoms with Crippen molar-refractivity contribution in [1.29, 1.82) is 0 Å². The molecule has 3 rings (SSSR count). The first-order valence-electron chi connectivity index (χ1n) is 9.27. The molecule has 0 spiro atoms. The van der Waals surface area contributed by atoms with Crippen LogP contribution in [0.3, 0.4) is 0 Å². The van der Waals surface area contributed by atoms with Crippen LogP contribution < -0.4 is 4.74 Å². The van der Waals surface area contributed by atoms with Crippen molar-refractivity contribution in [3.63, 3.8) is 0 Å². The normalized spacial score (nSPS) is 12.0. The van der Waals surface area contributed by atoms with Crippen molar-refractivity contribution in [2.75, 3.05) is 13.2 Å². The second kappa shape index (κ2) is 8.68. The van der Waals surface area contributed by atoms with Crippen molar-refractivity contribution in [2.45, 2.75) is 26.9 Å². The van der Waals surface area contributed by atoms with E-state index in [9.17, 15) is 0 Å². The minimum atomic E-state index is 0.121. The highest BCUT2D eigenvalue weighted by Gasteiger charge is 2.09. The first-order chi connectivity index (χ1) is 12.7. The van der Waals surface area contributed by atoms with Gasteiger partial charge in [-0.1, -0.05) is 60.7 Å². The molecule has 2 nitrogen and oxygen atoms in total. The summed E-state index contributed by atoms with van der Waals surface area (Å²) in [6, 6.07) is 25.5. The van der Waals surface area contributed by atoms with E-state index in [1.54, 1.807) is 0 Å². The van der Waals surface area contributed by atoms with Gasteiger partial charge in [0.2, 0.25) is 0 Å². The molecule has 0 heterocycles. The van der Waals surface area contributed by atoms with Crippen LogP contribution in [0.4, 0.5) is 0 Å². The molecule has 0 aliphatic heterocycles. The summed E-state index contributed by atoms with van der Waals surface area (Å²) in [6.45, 7) is 7.52. The standard InChI is InChI=1S/C24H26O2/c1-4-25-18(3)19-10-12-20(13-11-19)23-8-6-7-9-24(23)21-14-16-22(17-15-21)26-5-2/h6-18H,4-5H2,1-3H3. The van der Waals surface area contributed by atoms with E-state index in [0.717, 1.165) is 12.4 Å². The number of benzene rings is 3. The van der Waals surface area contributed by atoms with Crippen LogP contribution in [0, 0.1) is 0 Å². The number of hydrogen-bond donors (Lipinski definition) is 0. The number of ether oxygens (including phenoxy) is 2. The van der Waals surface area contributed by atoms with Gasteiger partial charge in [-0.25, -0.2) is 0 Å². The van der Waals surface area contributed by atoms with Crippen LogP contribution in [0.25, 0.3) is 22.3 Å². The van der Waals surface area contributed by atoms with E-state index >= 15 is 0 Å². The summed E-state index contributed by atoms with van der Waals surface area (Å²) in [6.07, 6.45) is 0.121. The van der Waals surface area contributed by atoms with Crippen molar-refractivity contribution >= 4 is 0 Å². The molecule has 0 aromatic heterocycles. The summed E-state index contributed by atoms with van der Waals surface area (Å²) >= 11 is 0. The molecule has 0 saturated carbocycles. The van der Waals surface area contributed by atoms with Crippen LogP contribution in [-0.2, 0) is 4.74 Å². The van der Waals surface area contributed by atoms with Crippen LogP contribution in [-0.4, -0.2) is 13.2 Å². The Morgan fingerprint density at radius 1 is 0.692 bits per heavy atom. The zero-order valence-electron chi connectivity index (χ0n) is 15.7. The average Bonchev–Trinajstić information content (AvgIpc) is 2.69. The fourth-order valence-electron chi connectivity index (χ4n) is 3.16. The Balaban J connectivity index is 1.92. The predicted molar refractivity (Wildman–Crippen MR) is 109 cm³/mol. The monoisotopic (exact) mass is 346 g/mol. The van der Waals surface area contributed by atoms with E-state index < -0.39 is 0 Å². The SMILES string of the molecule is CCOc1ccc(-c2ccccc2-c2ccc(C(C)OCC)cc2)cc1. The highest BCUT2D eigenvalue weighted by Crippen LogP contribution is 2.33. The maximum atomic E-state index is 5.69. The Morgan fingerprint density at radius 3 is 1.73 bits per heavy atom. The van der Waals surface area contributed by atoms with Crippen LogP contribution in [0.15, 0.2) is 72.8 Å². The summed E-state index contributed by atoms with van der Waals surface area (Å²) in [5.74, 6) is 0.906. The summed E-state index contributed by atoms with van der Waals surface area (Å²) in [4.78, 5) is 0. The third-order valence-electron chi connectivity index (χ3n) is 4.51. The molecule has 0 fully saturated rings. The summed E-state index contributed by atoms with van der Waals surface area (Å²) in [7, 11) is 0. The largest absolute Gasteiger partial charge is 0.494 e. The van der Waals surface area contributed by atoms with Gasteiger partial charge in [-0.15, -0.1) is 0 Å². The molecular formula is C24H26O2. The molecular weight excluding hydrogens is 320 g/mol. The number of hydrogen-bond acceptors (Lipinski definition) is 2. The summed E-state index contributed by atoms with van der Waals surface area (Å²) < 4.78 is 11.2. The van der Waals surface area contributed by atoms with Gasteiger partial charge in [-0.3, -0.25) is 0 Å². The maximum absolute atomic E-state index is 5.69. The molecule has 2 heteroatoms. The third-order valence-corrected chi connectivity index (χ3v) is 4.51. The van der Waals surface area contributed by atoms with Crippen molar-refractivity contribution in [3.8, 4) is 28.0 Å². The number of rotatable bonds is 7. The van der Waals surface area contributed by atoms with E-state index in [-0.39, 0.29) is 6.10 Å². The molecule has 0 amide bonds. The predicted octanol–water partition coefficient (Wildman–Crippen LogP) is 6.52. The van der Waals surface area contributed by atoms with E-state index in [2.05, 4.69) is 67.6 Å². The van der Waals surface area contributed by atoms with Gasteiger partial charge in [-0.2, -0.15) is 0 Å². The fourth-order valence-corrected chi connectivity index (χ4v) is 3.16. The molecule has 3 aromatic carbocycles. The molecule has 0 radical (unpaired) electrons. The van der Waals surface area contributed by atoms with Gasteiger partial charge < -0.3 is 9.47 Å². The van der Waals surface area contributed by atoms with Crippen LogP contribution >= 0.6 is 0 Å². The molecule has 26 heavy (non-hydrogen) atoms. The molecule has 0 aliphatic carbocycles. The van der Waals surface area contributed by atoms with Crippen LogP contribution in [0.2, 0.25) is 0 Å². The van der Waals surface area contributed by atoms with Gasteiger partial charge in [0.15, 0.2) is 0 Å². The molecule has 1 unspecified atom stereocenters. The zero-order chi connectivity index (χ0) is 18.4. The minimum absolute atomic E-state index is 0.121. The second-order valence-electron chi connectivity index (χ2n) is 6.22. The lowest BCUT2D eigenvalue weighted by molar-refractivity contribution is 0.0764. The Kier molecular flexibility index (Phi) is 6.08. The molecule has 0 bridgehead atoms. The molecule has 0 saturated heterocycles. The Bertz CT molecular complexity index is 820. The minimum Gasteiger partial charge on any atom is -0.494 e. The first kappa shape index (κ1) is 18.2. The first-order valence-corrected chi connectivity index (χ1v) is 9.27. The lowest BCUT2D eigenvalue weighted by Crippen LogP contribution is -1.99. The smallest absolute Gasteiger partial charge is 0.119 e. The molecule has 1 atom stereocenters. The highest BCUT2D eigenvalue weighted by atomic mass is 16.5. The van der Waals surface area contributed by atoms with Crippen LogP contribution in [0.5, 0.6) is 5.75 Å². The van der Waals surface area contributed by atoms with Gasteiger partial charge >= 0.3 is 0 Å². The van der Waals surface area contributed by atoms with E-state index in [1.165, 1.54) is 27.8 Å². The van der Waals surface area contributed by atoms with Gasteiger partial charge in [0.1, 0.15) is 5.75 Å². The van der Waals surface area contributed by atoms with Gasteiger partial charge in [0.25, 0.3) is 0 Å². The van der Waals surface area contributed by atoms with Gasteiger partial charge in [0, 0.05) is 6.61 Å². The van der Waals surface area contributed by atoms with Crippen molar-refractivity contribution in [1.82, 2.24) is 0 Å². The van der Waals surface area contributed by atoms with E-state index in [4.69, 9.17) is 9.47 Å². The van der Waals surface area contributed by atoms with Gasteiger partial charge in [-0.05, 0) is 60.7 Å². The topological polar surface area (TPSA) is 18.5 Å². The lowest BCUT2D eigenvalue weighted by atomic mass is 9.94. The van der Waals surface area contributed by atoms with E-state index in [0.29, 0.717) is 6.61 Å². The molecule has 134 valence electrons. The van der Waals surface area contributed by atoms with Crippen molar-refractivity contribution in [2.24, 2.45) is 0 Å². The van der Waals surface area contributed by atoms with Gasteiger partial charge in [0.05, 0.1) is 12.7 Å². The molecule has 0 N–H and O–H groups in total. The molecule has 3 aromatic rings. The maximum Gasteiger partial charge on any atom is 0.119 e. The lowest BCUT2D eigenvalue weighted by Gasteiger charge is -2.14. The Labute approximate surface area is 156 Å². The average molecular weight is 346 g/mol. The summed E-state index contributed by atoms with van der Waals surface area (Å²) in [5.41, 5.74) is 6.06. The quantitative estimate of drug-likeness (QED) is 0.485. The zero-order valence-corrected chi connectivity index (χ0v) is 15.7. The summed E-state index contributed by atoms with van der Waals surface area (Å²) in [5, 5.41) is 0. The van der Waals surface area contributed by atoms with E-state index in [1.807, 2.05) is 26.0 Å². The van der Waals surface area contributed by atoms with Crippen molar-refractivity contribution < 1.29 is 9.47 Å². The van der Waals surface area contributed by atoms with Crippen molar-refractivity contribution in [3.05, 3.63) is 78.4 Å². The highest BCUT2D eigenvalue weighted by molar-refractivity contribution is 5.83. The molecule has 0 aliphatic rings. The Morgan fingerprint density at radius 2 is 1.23 bits per heavy atom. The second-order valence-corrected chi connectivity index (χ2v) is 6.22. The van der Waals surface area contributed by atoms with Crippen LogP contribution in [0.1, 0.15) is 32.4 Å². The third kappa shape index (κ3) is 4.14. The Hall–Kier alpha value is -2.58. The fraction of sp³-hybridized carbons (Fsp3) is 0.250.